The molecule has 0 bridgehead atoms. The molecule has 0 radical (unpaired) electrons. The molecule has 5 heteroatoms. The van der Waals surface area contributed by atoms with E-state index < -0.39 is 11.4 Å². The van der Waals surface area contributed by atoms with Gasteiger partial charge in [0.05, 0.1) is 0 Å². The van der Waals surface area contributed by atoms with E-state index in [0.717, 1.165) is 0 Å². The summed E-state index contributed by atoms with van der Waals surface area (Å²) in [7, 11) is 0. The van der Waals surface area contributed by atoms with Gasteiger partial charge in [0.1, 0.15) is 5.78 Å². The van der Waals surface area contributed by atoms with E-state index >= 15 is 0 Å². The summed E-state index contributed by atoms with van der Waals surface area (Å²) in [6.45, 7) is 3.43. The highest BCUT2D eigenvalue weighted by atomic mass is 32.2. The molecule has 0 saturated heterocycles. The maximum Gasteiger partial charge on any atom is 0.299 e. The number of carbonyl (C=O) groups excluding carboxylic acids is 1. The lowest BCUT2D eigenvalue weighted by atomic mass is 10.4. The van der Waals surface area contributed by atoms with Crippen LogP contribution in [-0.2, 0) is 16.2 Å². The Morgan fingerprint density at radius 3 is 1.67 bits per heavy atom. The van der Waals surface area contributed by atoms with Gasteiger partial charge in [-0.25, -0.2) is 0 Å². The summed E-state index contributed by atoms with van der Waals surface area (Å²) in [6, 6.07) is 0. The first-order valence-electron chi connectivity index (χ1n) is 2.30. The van der Waals surface area contributed by atoms with E-state index in [1.165, 1.54) is 0 Å². The summed E-state index contributed by atoms with van der Waals surface area (Å²) < 4.78 is 22.8. The van der Waals surface area contributed by atoms with Gasteiger partial charge in [-0.1, -0.05) is 6.92 Å². The average molecular weight is 154 g/mol. The second kappa shape index (κ2) is 7.74. The number of hydrogen-bond donors (Lipinski definition) is 2. The fraction of sp³-hybridized carbons (Fsp3) is 0.750. The van der Waals surface area contributed by atoms with Gasteiger partial charge in [-0.05, 0) is 6.92 Å². The lowest BCUT2D eigenvalue weighted by molar-refractivity contribution is -0.116. The smallest absolute Gasteiger partial charge is 0.299 e. The van der Waals surface area contributed by atoms with Crippen molar-refractivity contribution in [3.05, 3.63) is 0 Å². The molecule has 0 aliphatic rings. The van der Waals surface area contributed by atoms with Crippen molar-refractivity contribution in [1.29, 1.82) is 0 Å². The molecular formula is C4H10O4S. The van der Waals surface area contributed by atoms with E-state index in [9.17, 15) is 4.79 Å². The molecule has 0 atom stereocenters. The van der Waals surface area contributed by atoms with Crippen molar-refractivity contribution in [3.63, 3.8) is 0 Å². The molecule has 0 heterocycles. The Balaban J connectivity index is 0. The van der Waals surface area contributed by atoms with Gasteiger partial charge in [0.25, 0.3) is 11.4 Å². The highest BCUT2D eigenvalue weighted by Gasteiger charge is 1.76. The fourth-order valence-corrected chi connectivity index (χ4v) is 0. The minimum Gasteiger partial charge on any atom is -0.300 e. The molecule has 0 aromatic rings. The summed E-state index contributed by atoms with van der Waals surface area (Å²) in [5.41, 5.74) is 0. The van der Waals surface area contributed by atoms with Gasteiger partial charge in [0.2, 0.25) is 0 Å². The van der Waals surface area contributed by atoms with Gasteiger partial charge in [-0.15, -0.1) is 0 Å². The minimum absolute atomic E-state index is 0.255. The number of carbonyl (C=O) groups is 1. The first kappa shape index (κ1) is 11.5. The first-order chi connectivity index (χ1) is 4.00. The quantitative estimate of drug-likeness (QED) is 0.544. The van der Waals surface area contributed by atoms with Crippen LogP contribution in [0.25, 0.3) is 0 Å². The van der Waals surface area contributed by atoms with Gasteiger partial charge in [-0.3, -0.25) is 9.11 Å². The van der Waals surface area contributed by atoms with Crippen molar-refractivity contribution in [2.24, 2.45) is 0 Å². The lowest BCUT2D eigenvalue weighted by Crippen LogP contribution is -1.80. The Bertz CT molecular complexity index is 96.7. The minimum atomic E-state index is -2.61. The Labute approximate surface area is 56.4 Å². The van der Waals surface area contributed by atoms with Crippen LogP contribution >= 0.6 is 0 Å². The first-order valence-corrected chi connectivity index (χ1v) is 3.36. The van der Waals surface area contributed by atoms with E-state index in [0.29, 0.717) is 6.42 Å². The molecule has 2 N–H and O–H groups in total. The topological polar surface area (TPSA) is 74.6 Å². The third-order valence-electron chi connectivity index (χ3n) is 0.498. The summed E-state index contributed by atoms with van der Waals surface area (Å²) in [4.78, 5) is 9.81. The van der Waals surface area contributed by atoms with Gasteiger partial charge in [0, 0.05) is 6.42 Å². The van der Waals surface area contributed by atoms with Crippen LogP contribution < -0.4 is 0 Å². The standard InChI is InChI=1S/C4H8O.H2O3S/c1-3-4(2)5;1-4(2)3/h3H2,1-2H3;(H2,1,2,3). The fourth-order valence-electron chi connectivity index (χ4n) is 0. The molecule has 0 aliphatic carbocycles. The van der Waals surface area contributed by atoms with E-state index in [1.54, 1.807) is 6.92 Å². The zero-order chi connectivity index (χ0) is 7.86. The molecule has 9 heavy (non-hydrogen) atoms. The molecule has 4 nitrogen and oxygen atoms in total. The van der Waals surface area contributed by atoms with E-state index in [-0.39, 0.29) is 5.78 Å². The van der Waals surface area contributed by atoms with Crippen molar-refractivity contribution in [2.75, 3.05) is 0 Å². The summed E-state index contributed by atoms with van der Waals surface area (Å²) in [6.07, 6.45) is 0.667. The summed E-state index contributed by atoms with van der Waals surface area (Å²) in [5, 5.41) is 0. The molecule has 0 unspecified atom stereocenters. The maximum absolute atomic E-state index is 9.81. The number of Topliss-reactive ketones (excluding diaryl/α,β-unsaturated/α-hetero) is 1. The summed E-state index contributed by atoms with van der Waals surface area (Å²) in [5.74, 6) is 0.255. The molecule has 0 fully saturated rings. The largest absolute Gasteiger partial charge is 0.300 e. The molecule has 0 amide bonds. The van der Waals surface area contributed by atoms with Crippen LogP contribution in [0.1, 0.15) is 20.3 Å². The monoisotopic (exact) mass is 154 g/mol. The molecule has 0 rings (SSSR count). The van der Waals surface area contributed by atoms with Gasteiger partial charge >= 0.3 is 0 Å². The van der Waals surface area contributed by atoms with Gasteiger partial charge < -0.3 is 4.79 Å². The van der Waals surface area contributed by atoms with Crippen LogP contribution in [0.15, 0.2) is 0 Å². The van der Waals surface area contributed by atoms with Crippen LogP contribution in [-0.4, -0.2) is 19.1 Å². The van der Waals surface area contributed by atoms with Crippen molar-refractivity contribution >= 4 is 17.1 Å². The molecule has 0 saturated carbocycles. The number of hydrogen-bond acceptors (Lipinski definition) is 2. The zero-order valence-electron chi connectivity index (χ0n) is 5.33. The predicted molar refractivity (Wildman–Crippen MR) is 34.4 cm³/mol. The van der Waals surface area contributed by atoms with Gasteiger partial charge in [0.15, 0.2) is 0 Å². The van der Waals surface area contributed by atoms with Crippen LogP contribution in [0.3, 0.4) is 0 Å². The molecular weight excluding hydrogens is 144 g/mol. The highest BCUT2D eigenvalue weighted by Crippen LogP contribution is 1.71. The van der Waals surface area contributed by atoms with E-state index in [1.807, 2.05) is 6.92 Å². The second-order valence-corrected chi connectivity index (χ2v) is 1.75. The molecule has 0 spiro atoms. The number of rotatable bonds is 1. The Kier molecular flexibility index (Phi) is 9.91. The van der Waals surface area contributed by atoms with Crippen LogP contribution in [0.5, 0.6) is 0 Å². The highest BCUT2D eigenvalue weighted by molar-refractivity contribution is 7.73. The van der Waals surface area contributed by atoms with Crippen molar-refractivity contribution in [3.8, 4) is 0 Å². The molecule has 0 aromatic heterocycles. The third-order valence-corrected chi connectivity index (χ3v) is 0.498. The second-order valence-electron chi connectivity index (χ2n) is 1.29. The third kappa shape index (κ3) is 84.2. The lowest BCUT2D eigenvalue weighted by Gasteiger charge is -1.71. The zero-order valence-corrected chi connectivity index (χ0v) is 6.14. The Morgan fingerprint density at radius 1 is 1.56 bits per heavy atom. The predicted octanol–water partition coefficient (Wildman–Crippen LogP) is 0.666. The van der Waals surface area contributed by atoms with Gasteiger partial charge in [-0.2, -0.15) is 4.21 Å². The SMILES string of the molecule is CCC(C)=O.O=S(O)O. The number of ketones is 1. The normalized spacial score (nSPS) is 8.11. The molecule has 0 aromatic carbocycles. The van der Waals surface area contributed by atoms with Crippen molar-refractivity contribution < 1.29 is 18.1 Å². The van der Waals surface area contributed by atoms with Crippen molar-refractivity contribution in [1.82, 2.24) is 0 Å². The Morgan fingerprint density at radius 2 is 1.67 bits per heavy atom. The molecule has 56 valence electrons. The van der Waals surface area contributed by atoms with E-state index in [2.05, 4.69) is 0 Å². The van der Waals surface area contributed by atoms with Crippen LogP contribution in [0.4, 0.5) is 0 Å². The molecule has 0 aliphatic heterocycles. The van der Waals surface area contributed by atoms with Crippen LogP contribution in [0, 0.1) is 0 Å². The van der Waals surface area contributed by atoms with E-state index in [4.69, 9.17) is 13.3 Å². The maximum atomic E-state index is 9.81. The van der Waals surface area contributed by atoms with Crippen molar-refractivity contribution in [2.45, 2.75) is 20.3 Å². The average Bonchev–Trinajstić information content (AvgIpc) is 1.65. The van der Waals surface area contributed by atoms with Crippen LogP contribution in [0.2, 0.25) is 0 Å². The summed E-state index contributed by atoms with van der Waals surface area (Å²) >= 11 is -2.61. The Hall–Kier alpha value is -0.260.